The van der Waals surface area contributed by atoms with Crippen molar-refractivity contribution in [1.29, 1.82) is 0 Å². The van der Waals surface area contributed by atoms with Gasteiger partial charge in [-0.15, -0.1) is 0 Å². The molecule has 5 nitrogen and oxygen atoms in total. The Hall–Kier alpha value is -2.17. The van der Waals surface area contributed by atoms with E-state index in [-0.39, 0.29) is 0 Å². The zero-order valence-corrected chi connectivity index (χ0v) is 13.1. The van der Waals surface area contributed by atoms with Crippen LogP contribution in [0.4, 0.5) is 5.69 Å². The molecule has 0 saturated carbocycles. The van der Waals surface area contributed by atoms with Crippen molar-refractivity contribution in [1.82, 2.24) is 9.78 Å². The van der Waals surface area contributed by atoms with Gasteiger partial charge >= 0.3 is 0 Å². The van der Waals surface area contributed by atoms with Gasteiger partial charge in [0.1, 0.15) is 0 Å². The molecule has 0 amide bonds. The van der Waals surface area contributed by atoms with Crippen molar-refractivity contribution < 1.29 is 9.47 Å². The normalized spacial score (nSPS) is 10.5. The van der Waals surface area contributed by atoms with Crippen LogP contribution in [-0.2, 0) is 20.0 Å². The third kappa shape index (κ3) is 3.68. The molecular weight excluding hydrogens is 266 g/mol. The van der Waals surface area contributed by atoms with Crippen LogP contribution in [0.5, 0.6) is 11.5 Å². The Balaban J connectivity index is 2.09. The number of nitrogens with zero attached hydrogens (tertiary/aromatic N) is 2. The predicted molar refractivity (Wildman–Crippen MR) is 84.1 cm³/mol. The summed E-state index contributed by atoms with van der Waals surface area (Å²) in [6, 6.07) is 5.99. The molecule has 21 heavy (non-hydrogen) atoms. The highest BCUT2D eigenvalue weighted by Gasteiger charge is 2.08. The second-order valence-electron chi connectivity index (χ2n) is 4.79. The van der Waals surface area contributed by atoms with Crippen LogP contribution < -0.4 is 14.8 Å². The first-order chi connectivity index (χ1) is 10.2. The molecule has 2 aromatic rings. The highest BCUT2D eigenvalue weighted by Crippen LogP contribution is 2.28. The topological polar surface area (TPSA) is 48.3 Å². The molecule has 0 aliphatic heterocycles. The number of benzene rings is 1. The summed E-state index contributed by atoms with van der Waals surface area (Å²) >= 11 is 0. The summed E-state index contributed by atoms with van der Waals surface area (Å²) in [7, 11) is 3.59. The molecule has 1 aromatic heterocycles. The first kappa shape index (κ1) is 15.2. The molecule has 0 aliphatic carbocycles. The SMILES string of the molecule is CCOc1ccc(CNc2cn(C)nc2CC)cc1OC. The van der Waals surface area contributed by atoms with E-state index in [0.717, 1.165) is 41.4 Å². The summed E-state index contributed by atoms with van der Waals surface area (Å²) in [5.74, 6) is 1.54. The molecule has 0 aliphatic rings. The molecule has 114 valence electrons. The molecule has 0 atom stereocenters. The minimum absolute atomic E-state index is 0.628. The van der Waals surface area contributed by atoms with Gasteiger partial charge in [-0.25, -0.2) is 0 Å². The molecule has 0 spiro atoms. The van der Waals surface area contributed by atoms with Crippen molar-refractivity contribution in [3.8, 4) is 11.5 Å². The highest BCUT2D eigenvalue weighted by molar-refractivity contribution is 5.48. The van der Waals surface area contributed by atoms with Crippen molar-refractivity contribution in [2.45, 2.75) is 26.8 Å². The molecule has 1 N–H and O–H groups in total. The summed E-state index contributed by atoms with van der Waals surface area (Å²) in [5, 5.41) is 7.85. The van der Waals surface area contributed by atoms with E-state index < -0.39 is 0 Å². The zero-order chi connectivity index (χ0) is 15.2. The maximum Gasteiger partial charge on any atom is 0.161 e. The van der Waals surface area contributed by atoms with Gasteiger partial charge in [0.2, 0.25) is 0 Å². The molecule has 0 radical (unpaired) electrons. The largest absolute Gasteiger partial charge is 0.493 e. The average Bonchev–Trinajstić information content (AvgIpc) is 2.86. The van der Waals surface area contributed by atoms with Crippen LogP contribution in [-0.4, -0.2) is 23.5 Å². The van der Waals surface area contributed by atoms with Gasteiger partial charge in [-0.2, -0.15) is 5.10 Å². The smallest absolute Gasteiger partial charge is 0.161 e. The number of nitrogens with one attached hydrogen (secondary N) is 1. The maximum atomic E-state index is 5.53. The molecule has 0 bridgehead atoms. The highest BCUT2D eigenvalue weighted by atomic mass is 16.5. The molecule has 5 heteroatoms. The summed E-state index contributed by atoms with van der Waals surface area (Å²) < 4.78 is 12.7. The summed E-state index contributed by atoms with van der Waals surface area (Å²) in [5.41, 5.74) is 3.30. The lowest BCUT2D eigenvalue weighted by molar-refractivity contribution is 0.310. The standard InChI is InChI=1S/C16H23N3O2/c1-5-13-14(11-19(3)18-13)17-10-12-7-8-15(21-6-2)16(9-12)20-4/h7-9,11,17H,5-6,10H2,1-4H3. The Morgan fingerprint density at radius 3 is 2.71 bits per heavy atom. The van der Waals surface area contributed by atoms with E-state index in [4.69, 9.17) is 9.47 Å². The number of aryl methyl sites for hydroxylation is 2. The van der Waals surface area contributed by atoms with E-state index in [9.17, 15) is 0 Å². The Morgan fingerprint density at radius 2 is 2.05 bits per heavy atom. The summed E-state index contributed by atoms with van der Waals surface area (Å²) in [6.07, 6.45) is 2.92. The third-order valence-electron chi connectivity index (χ3n) is 3.25. The number of methoxy groups -OCH3 is 1. The van der Waals surface area contributed by atoms with Crippen molar-refractivity contribution in [2.75, 3.05) is 19.0 Å². The van der Waals surface area contributed by atoms with Gasteiger partial charge in [0, 0.05) is 19.8 Å². The van der Waals surface area contributed by atoms with Crippen molar-refractivity contribution in [3.63, 3.8) is 0 Å². The van der Waals surface area contributed by atoms with Crippen LogP contribution in [0.3, 0.4) is 0 Å². The maximum absolute atomic E-state index is 5.53. The second kappa shape index (κ2) is 7.02. The van der Waals surface area contributed by atoms with Crippen LogP contribution in [0.2, 0.25) is 0 Å². The average molecular weight is 289 g/mol. The van der Waals surface area contributed by atoms with Crippen LogP contribution in [0, 0.1) is 0 Å². The van der Waals surface area contributed by atoms with Gasteiger partial charge in [0.15, 0.2) is 11.5 Å². The predicted octanol–water partition coefficient (Wildman–Crippen LogP) is 3.00. The van der Waals surface area contributed by atoms with E-state index in [2.05, 4.69) is 17.3 Å². The van der Waals surface area contributed by atoms with Crippen molar-refractivity contribution in [2.24, 2.45) is 7.05 Å². The third-order valence-corrected chi connectivity index (χ3v) is 3.25. The monoisotopic (exact) mass is 289 g/mol. The zero-order valence-electron chi connectivity index (χ0n) is 13.1. The molecular formula is C16H23N3O2. The lowest BCUT2D eigenvalue weighted by atomic mass is 10.2. The lowest BCUT2D eigenvalue weighted by Crippen LogP contribution is -2.02. The van der Waals surface area contributed by atoms with Crippen LogP contribution in [0.15, 0.2) is 24.4 Å². The quantitative estimate of drug-likeness (QED) is 0.851. The first-order valence-electron chi connectivity index (χ1n) is 7.24. The Labute approximate surface area is 125 Å². The fourth-order valence-electron chi connectivity index (χ4n) is 2.24. The Bertz CT molecular complexity index is 593. The Kier molecular flexibility index (Phi) is 5.09. The van der Waals surface area contributed by atoms with E-state index in [1.165, 1.54) is 0 Å². The van der Waals surface area contributed by atoms with Gasteiger partial charge in [-0.1, -0.05) is 13.0 Å². The van der Waals surface area contributed by atoms with Crippen molar-refractivity contribution in [3.05, 3.63) is 35.7 Å². The van der Waals surface area contributed by atoms with E-state index in [1.807, 2.05) is 43.0 Å². The summed E-state index contributed by atoms with van der Waals surface area (Å²) in [6.45, 7) is 5.42. The number of hydrogen-bond donors (Lipinski definition) is 1. The number of ether oxygens (including phenoxy) is 2. The fourth-order valence-corrected chi connectivity index (χ4v) is 2.24. The van der Waals surface area contributed by atoms with Crippen LogP contribution in [0.25, 0.3) is 0 Å². The van der Waals surface area contributed by atoms with Crippen molar-refractivity contribution >= 4 is 5.69 Å². The molecule has 0 fully saturated rings. The van der Waals surface area contributed by atoms with Crippen LogP contribution in [0.1, 0.15) is 25.1 Å². The van der Waals surface area contributed by atoms with Gasteiger partial charge in [-0.05, 0) is 31.0 Å². The molecule has 0 saturated heterocycles. The molecule has 2 rings (SSSR count). The van der Waals surface area contributed by atoms with Gasteiger partial charge < -0.3 is 14.8 Å². The number of hydrogen-bond acceptors (Lipinski definition) is 4. The molecule has 0 unspecified atom stereocenters. The molecule has 1 aromatic carbocycles. The minimum Gasteiger partial charge on any atom is -0.493 e. The molecule has 1 heterocycles. The van der Waals surface area contributed by atoms with Gasteiger partial charge in [0.05, 0.1) is 25.1 Å². The number of anilines is 1. The first-order valence-corrected chi connectivity index (χ1v) is 7.24. The number of aromatic nitrogens is 2. The van der Waals surface area contributed by atoms with E-state index in [1.54, 1.807) is 7.11 Å². The minimum atomic E-state index is 0.628. The Morgan fingerprint density at radius 1 is 1.24 bits per heavy atom. The van der Waals surface area contributed by atoms with Gasteiger partial charge in [-0.3, -0.25) is 4.68 Å². The van der Waals surface area contributed by atoms with Gasteiger partial charge in [0.25, 0.3) is 0 Å². The fraction of sp³-hybridized carbons (Fsp3) is 0.438. The number of rotatable bonds is 7. The summed E-state index contributed by atoms with van der Waals surface area (Å²) in [4.78, 5) is 0. The van der Waals surface area contributed by atoms with E-state index in [0.29, 0.717) is 6.61 Å². The second-order valence-corrected chi connectivity index (χ2v) is 4.79. The van der Waals surface area contributed by atoms with E-state index >= 15 is 0 Å². The lowest BCUT2D eigenvalue weighted by Gasteiger charge is -2.11. The van der Waals surface area contributed by atoms with Crippen LogP contribution >= 0.6 is 0 Å².